The number of rotatable bonds is 7. The molecule has 158 valence electrons. The van der Waals surface area contributed by atoms with E-state index in [4.69, 9.17) is 5.73 Å². The van der Waals surface area contributed by atoms with Crippen molar-refractivity contribution in [3.63, 3.8) is 0 Å². The van der Waals surface area contributed by atoms with Crippen LogP contribution in [0.15, 0.2) is 29.2 Å². The number of sulfonamides is 1. The normalized spacial score (nSPS) is 14.1. The van der Waals surface area contributed by atoms with E-state index in [1.807, 2.05) is 6.92 Å². The molecule has 0 atom stereocenters. The zero-order chi connectivity index (χ0) is 21.5. The van der Waals surface area contributed by atoms with E-state index in [1.165, 1.54) is 16.6 Å². The number of anilines is 2. The number of nitrogens with two attached hydrogens (primary N) is 1. The summed E-state index contributed by atoms with van der Waals surface area (Å²) < 4.78 is 28.5. The fourth-order valence-electron chi connectivity index (χ4n) is 3.03. The van der Waals surface area contributed by atoms with Crippen LogP contribution in [0, 0.1) is 13.8 Å². The predicted octanol–water partition coefficient (Wildman–Crippen LogP) is 0.450. The largest absolute Gasteiger partial charge is 0.366 e. The molecule has 2 heterocycles. The van der Waals surface area contributed by atoms with Gasteiger partial charge in [0.25, 0.3) is 5.78 Å². The average Bonchev–Trinajstić information content (AvgIpc) is 3.42. The molecule has 2 aromatic heterocycles. The Labute approximate surface area is 173 Å². The van der Waals surface area contributed by atoms with E-state index < -0.39 is 10.0 Å². The molecular weight excluding hydrogens is 408 g/mol. The van der Waals surface area contributed by atoms with Crippen molar-refractivity contribution in [3.05, 3.63) is 41.2 Å². The first-order valence-corrected chi connectivity index (χ1v) is 10.9. The Morgan fingerprint density at radius 3 is 2.57 bits per heavy atom. The van der Waals surface area contributed by atoms with Gasteiger partial charge in [-0.3, -0.25) is 15.6 Å². The highest BCUT2D eigenvalue weighted by atomic mass is 32.2. The third-order valence-corrected chi connectivity index (χ3v) is 6.35. The van der Waals surface area contributed by atoms with E-state index in [1.54, 1.807) is 19.1 Å². The first-order chi connectivity index (χ1) is 14.2. The highest BCUT2D eigenvalue weighted by Gasteiger charge is 2.27. The Morgan fingerprint density at radius 2 is 1.90 bits per heavy atom. The number of fused-ring (bicyclic) bond motifs is 1. The monoisotopic (exact) mass is 430 g/mol. The van der Waals surface area contributed by atoms with E-state index in [-0.39, 0.29) is 29.2 Å². The van der Waals surface area contributed by atoms with Crippen molar-refractivity contribution in [2.75, 3.05) is 11.2 Å². The Bertz CT molecular complexity index is 1220. The summed E-state index contributed by atoms with van der Waals surface area (Å²) in [7, 11) is -3.51. The van der Waals surface area contributed by atoms with E-state index in [2.05, 4.69) is 30.6 Å². The minimum Gasteiger partial charge on any atom is -0.366 e. The maximum Gasteiger partial charge on any atom is 0.254 e. The van der Waals surface area contributed by atoms with Gasteiger partial charge < -0.3 is 5.73 Å². The number of aromatic nitrogens is 4. The van der Waals surface area contributed by atoms with Crippen molar-refractivity contribution < 1.29 is 13.2 Å². The number of hydrogen-bond acceptors (Lipinski definition) is 8. The molecule has 1 saturated carbocycles. The summed E-state index contributed by atoms with van der Waals surface area (Å²) in [6.07, 6.45) is 1.82. The number of aryl methyl sites for hydroxylation is 2. The lowest BCUT2D eigenvalue weighted by Crippen LogP contribution is -2.31. The molecule has 11 nitrogen and oxygen atoms in total. The van der Waals surface area contributed by atoms with Gasteiger partial charge in [-0.15, -0.1) is 5.10 Å². The SMILES string of the molecule is Cc1nc2nc(N)nn2c(C)c1CC(=O)NNc1ccc(S(=O)(=O)NC2CC2)cc1. The topological polar surface area (TPSA) is 156 Å². The molecule has 1 aliphatic carbocycles. The van der Waals surface area contributed by atoms with Gasteiger partial charge in [-0.2, -0.15) is 9.50 Å². The van der Waals surface area contributed by atoms with Crippen LogP contribution >= 0.6 is 0 Å². The lowest BCUT2D eigenvalue weighted by Gasteiger charge is -2.12. The van der Waals surface area contributed by atoms with Gasteiger partial charge in [0.15, 0.2) is 0 Å². The van der Waals surface area contributed by atoms with E-state index in [9.17, 15) is 13.2 Å². The van der Waals surface area contributed by atoms with Crippen LogP contribution in [0.1, 0.15) is 29.8 Å². The summed E-state index contributed by atoms with van der Waals surface area (Å²) in [5, 5.41) is 4.08. The molecule has 0 bridgehead atoms. The van der Waals surface area contributed by atoms with Crippen LogP contribution in [-0.4, -0.2) is 39.9 Å². The lowest BCUT2D eigenvalue weighted by atomic mass is 10.1. The zero-order valence-corrected chi connectivity index (χ0v) is 17.3. The summed E-state index contributed by atoms with van der Waals surface area (Å²) in [5.74, 6) is 0.213. The van der Waals surface area contributed by atoms with Crippen LogP contribution in [0.3, 0.4) is 0 Å². The zero-order valence-electron chi connectivity index (χ0n) is 16.5. The first-order valence-electron chi connectivity index (χ1n) is 9.38. The molecule has 0 unspecified atom stereocenters. The fourth-order valence-corrected chi connectivity index (χ4v) is 4.34. The Balaban J connectivity index is 1.40. The fraction of sp³-hybridized carbons (Fsp3) is 0.333. The van der Waals surface area contributed by atoms with Crippen LogP contribution in [-0.2, 0) is 21.2 Å². The molecule has 30 heavy (non-hydrogen) atoms. The van der Waals surface area contributed by atoms with Crippen molar-refractivity contribution in [1.82, 2.24) is 29.7 Å². The van der Waals surface area contributed by atoms with E-state index >= 15 is 0 Å². The van der Waals surface area contributed by atoms with Crippen molar-refractivity contribution in [1.29, 1.82) is 0 Å². The third-order valence-electron chi connectivity index (χ3n) is 4.81. The highest BCUT2D eigenvalue weighted by Crippen LogP contribution is 2.22. The second-order valence-corrected chi connectivity index (χ2v) is 8.93. The van der Waals surface area contributed by atoms with E-state index in [0.717, 1.165) is 24.1 Å². The average molecular weight is 430 g/mol. The van der Waals surface area contributed by atoms with Gasteiger partial charge in [-0.25, -0.2) is 18.1 Å². The summed E-state index contributed by atoms with van der Waals surface area (Å²) in [4.78, 5) is 21.0. The summed E-state index contributed by atoms with van der Waals surface area (Å²) >= 11 is 0. The number of carbonyl (C=O) groups is 1. The summed E-state index contributed by atoms with van der Waals surface area (Å²) in [5.41, 5.74) is 13.7. The molecule has 3 aromatic rings. The maximum atomic E-state index is 12.4. The molecule has 12 heteroatoms. The number of nitrogen functional groups attached to an aromatic ring is 1. The molecule has 0 radical (unpaired) electrons. The van der Waals surface area contributed by atoms with Crippen LogP contribution in [0.2, 0.25) is 0 Å². The molecule has 0 saturated heterocycles. The predicted molar refractivity (Wildman–Crippen MR) is 110 cm³/mol. The summed E-state index contributed by atoms with van der Waals surface area (Å²) in [6, 6.07) is 6.19. The molecular formula is C18H22N8O3S. The van der Waals surface area contributed by atoms with Crippen LogP contribution in [0.5, 0.6) is 0 Å². The van der Waals surface area contributed by atoms with Gasteiger partial charge in [-0.05, 0) is 51.0 Å². The van der Waals surface area contributed by atoms with Crippen LogP contribution in [0.25, 0.3) is 5.78 Å². The maximum absolute atomic E-state index is 12.4. The number of benzene rings is 1. The molecule has 5 N–H and O–H groups in total. The minimum absolute atomic E-state index is 0.0432. The number of carbonyl (C=O) groups excluding carboxylic acids is 1. The Hall–Kier alpha value is -3.25. The number of hydrogen-bond donors (Lipinski definition) is 4. The molecule has 0 spiro atoms. The number of nitrogens with one attached hydrogen (secondary N) is 3. The number of amides is 1. The number of nitrogens with zero attached hydrogens (tertiary/aromatic N) is 4. The van der Waals surface area contributed by atoms with Gasteiger partial charge in [0.1, 0.15) is 0 Å². The van der Waals surface area contributed by atoms with Gasteiger partial charge >= 0.3 is 0 Å². The Morgan fingerprint density at radius 1 is 1.20 bits per heavy atom. The van der Waals surface area contributed by atoms with Crippen molar-refractivity contribution >= 4 is 33.3 Å². The molecule has 1 amide bonds. The standard InChI is InChI=1S/C18H22N8O3S/c1-10-15(11(2)26-18(20-10)21-17(19)24-26)9-16(27)23-22-12-5-7-14(8-6-12)30(28,29)25-13-3-4-13/h5-8,13,22,25H,3-4,9H2,1-2H3,(H2,19,24)(H,23,27). The first kappa shape index (κ1) is 20.0. The Kier molecular flexibility index (Phi) is 5.03. The highest BCUT2D eigenvalue weighted by molar-refractivity contribution is 7.89. The molecule has 1 aromatic carbocycles. The third kappa shape index (κ3) is 4.19. The second-order valence-electron chi connectivity index (χ2n) is 7.21. The van der Waals surface area contributed by atoms with Crippen molar-refractivity contribution in [2.45, 2.75) is 44.0 Å². The smallest absolute Gasteiger partial charge is 0.254 e. The molecule has 1 aliphatic rings. The van der Waals surface area contributed by atoms with Gasteiger partial charge in [-0.1, -0.05) is 0 Å². The van der Waals surface area contributed by atoms with Crippen LogP contribution in [0.4, 0.5) is 11.6 Å². The quantitative estimate of drug-likeness (QED) is 0.394. The minimum atomic E-state index is -3.51. The van der Waals surface area contributed by atoms with Gasteiger partial charge in [0.2, 0.25) is 21.9 Å². The van der Waals surface area contributed by atoms with Gasteiger partial charge in [0.05, 0.1) is 17.0 Å². The molecule has 1 fully saturated rings. The number of hydrazine groups is 1. The summed E-state index contributed by atoms with van der Waals surface area (Å²) in [6.45, 7) is 3.61. The second kappa shape index (κ2) is 7.54. The molecule has 0 aliphatic heterocycles. The van der Waals surface area contributed by atoms with Crippen LogP contribution < -0.4 is 21.3 Å². The lowest BCUT2D eigenvalue weighted by molar-refractivity contribution is -0.120. The van der Waals surface area contributed by atoms with Crippen molar-refractivity contribution in [2.24, 2.45) is 0 Å². The van der Waals surface area contributed by atoms with Crippen molar-refractivity contribution in [3.8, 4) is 0 Å². The van der Waals surface area contributed by atoms with E-state index in [0.29, 0.717) is 17.2 Å². The van der Waals surface area contributed by atoms with Gasteiger partial charge in [0, 0.05) is 23.0 Å². The molecule has 4 rings (SSSR count).